The molecule has 0 aromatic heterocycles. The van der Waals surface area contributed by atoms with Crippen LogP contribution in [0, 0.1) is 0 Å². The lowest BCUT2D eigenvalue weighted by Gasteiger charge is -2.19. The molecule has 0 unspecified atom stereocenters. The number of phenolic OH excluding ortho intramolecular Hbond substituents is 4. The summed E-state index contributed by atoms with van der Waals surface area (Å²) in [5, 5.41) is 41.3. The van der Waals surface area contributed by atoms with Gasteiger partial charge in [0, 0.05) is 48.4 Å². The molecule has 0 aliphatic heterocycles. The highest BCUT2D eigenvalue weighted by Crippen LogP contribution is 2.26. The van der Waals surface area contributed by atoms with E-state index in [4.69, 9.17) is 0 Å². The Morgan fingerprint density at radius 1 is 0.321 bits per heavy atom. The van der Waals surface area contributed by atoms with Crippen LogP contribution in [0.25, 0.3) is 24.3 Å². The zero-order chi connectivity index (χ0) is 41.0. The summed E-state index contributed by atoms with van der Waals surface area (Å²) >= 11 is 0. The maximum absolute atomic E-state index is 10.3. The van der Waals surface area contributed by atoms with E-state index in [1.54, 1.807) is 24.3 Å². The van der Waals surface area contributed by atoms with Crippen LogP contribution >= 0.6 is 0 Å². The fourth-order valence-electron chi connectivity index (χ4n) is 6.41. The van der Waals surface area contributed by atoms with Gasteiger partial charge in [0.2, 0.25) is 0 Å². The second-order valence-corrected chi connectivity index (χ2v) is 14.1. The third-order valence-corrected chi connectivity index (χ3v) is 10.5. The molecule has 0 heterocycles. The van der Waals surface area contributed by atoms with Gasteiger partial charge in [-0.2, -0.15) is 0 Å². The van der Waals surface area contributed by atoms with Crippen LogP contribution in [0.3, 0.4) is 0 Å². The summed E-state index contributed by atoms with van der Waals surface area (Å²) in [6.45, 7) is 27.7. The molecule has 0 spiro atoms. The summed E-state index contributed by atoms with van der Waals surface area (Å²) in [4.78, 5) is 9.08. The van der Waals surface area contributed by atoms with E-state index in [0.717, 1.165) is 123 Å². The number of rotatable bonds is 20. The lowest BCUT2D eigenvalue weighted by atomic mass is 10.1. The van der Waals surface area contributed by atoms with Gasteiger partial charge in [0.05, 0.1) is 0 Å². The van der Waals surface area contributed by atoms with Crippen molar-refractivity contribution in [2.75, 3.05) is 52.4 Å². The van der Waals surface area contributed by atoms with E-state index in [9.17, 15) is 20.4 Å². The molecule has 0 saturated heterocycles. The first-order valence-electron chi connectivity index (χ1n) is 20.5. The molecule has 0 amide bonds. The monoisotopic (exact) mass is 765 g/mol. The van der Waals surface area contributed by atoms with Crippen LogP contribution in [0.4, 0.5) is 0 Å². The number of benzene rings is 4. The summed E-state index contributed by atoms with van der Waals surface area (Å²) in [7, 11) is 0. The lowest BCUT2D eigenvalue weighted by Crippen LogP contribution is -2.22. The zero-order valence-corrected chi connectivity index (χ0v) is 35.3. The minimum Gasteiger partial charge on any atom is -0.508 e. The summed E-state index contributed by atoms with van der Waals surface area (Å²) in [5.41, 5.74) is 7.53. The third-order valence-electron chi connectivity index (χ3n) is 10.5. The van der Waals surface area contributed by atoms with Gasteiger partial charge in [-0.3, -0.25) is 19.6 Å². The largest absolute Gasteiger partial charge is 0.508 e. The van der Waals surface area contributed by atoms with E-state index in [1.807, 2.05) is 72.8 Å². The Morgan fingerprint density at radius 2 is 0.500 bits per heavy atom. The molecule has 8 heteroatoms. The summed E-state index contributed by atoms with van der Waals surface area (Å²) < 4.78 is 0. The summed E-state index contributed by atoms with van der Waals surface area (Å²) in [5.74, 6) is 1.30. The number of nitrogens with zero attached hydrogens (tertiary/aromatic N) is 4. The molecule has 4 rings (SSSR count). The van der Waals surface area contributed by atoms with Crippen molar-refractivity contribution < 1.29 is 20.4 Å². The molecule has 0 bridgehead atoms. The number of aromatic hydroxyl groups is 4. The Bertz CT molecular complexity index is 1560. The van der Waals surface area contributed by atoms with Crippen molar-refractivity contribution in [3.05, 3.63) is 117 Å². The van der Waals surface area contributed by atoms with Gasteiger partial charge in [-0.25, -0.2) is 0 Å². The summed E-state index contributed by atoms with van der Waals surface area (Å²) in [6.07, 6.45) is 7.83. The summed E-state index contributed by atoms with van der Waals surface area (Å²) in [6, 6.07) is 23.2. The standard InChI is InChI=1S/2C24H34N2O2/c2*1-5-25(6-2)17-21-13-11-19(15-23(21)27)9-10-20-12-14-22(24(28)16-20)18-26(7-3)8-4/h2*9-16,27-28H,5-8,17-18H2,1-4H3/b10-9+;10-9-. The molecule has 4 aromatic carbocycles. The molecule has 0 saturated carbocycles. The minimum absolute atomic E-state index is 0.325. The molecular formula is C48H68N4O4. The Morgan fingerprint density at radius 3 is 0.643 bits per heavy atom. The van der Waals surface area contributed by atoms with Crippen molar-refractivity contribution >= 4 is 24.3 Å². The molecule has 0 fully saturated rings. The van der Waals surface area contributed by atoms with Crippen molar-refractivity contribution in [3.63, 3.8) is 0 Å². The molecule has 0 aliphatic carbocycles. The Hall–Kier alpha value is -4.60. The van der Waals surface area contributed by atoms with E-state index >= 15 is 0 Å². The average Bonchev–Trinajstić information content (AvgIpc) is 3.21. The van der Waals surface area contributed by atoms with Gasteiger partial charge in [-0.15, -0.1) is 0 Å². The average molecular weight is 765 g/mol. The molecule has 0 atom stereocenters. The molecule has 56 heavy (non-hydrogen) atoms. The van der Waals surface area contributed by atoms with Gasteiger partial charge in [0.15, 0.2) is 0 Å². The van der Waals surface area contributed by atoms with Crippen molar-refractivity contribution in [3.8, 4) is 23.0 Å². The van der Waals surface area contributed by atoms with E-state index in [-0.39, 0.29) is 0 Å². The SMILES string of the molecule is CCN(CC)Cc1ccc(/C=C/c2ccc(CN(CC)CC)c(O)c2)cc1O.CCN(CC)Cc1ccc(/C=C\c2ccc(CN(CC)CC)c(O)c2)cc1O. The lowest BCUT2D eigenvalue weighted by molar-refractivity contribution is 0.291. The predicted molar refractivity (Wildman–Crippen MR) is 237 cm³/mol. The smallest absolute Gasteiger partial charge is 0.120 e. The molecule has 304 valence electrons. The van der Waals surface area contributed by atoms with Crippen LogP contribution in [-0.2, 0) is 26.2 Å². The second kappa shape index (κ2) is 24.1. The van der Waals surface area contributed by atoms with Crippen molar-refractivity contribution in [1.29, 1.82) is 0 Å². The number of hydrogen-bond acceptors (Lipinski definition) is 8. The van der Waals surface area contributed by atoms with Gasteiger partial charge in [0.25, 0.3) is 0 Å². The van der Waals surface area contributed by atoms with E-state index < -0.39 is 0 Å². The topological polar surface area (TPSA) is 93.9 Å². The van der Waals surface area contributed by atoms with Crippen molar-refractivity contribution in [2.24, 2.45) is 0 Å². The third kappa shape index (κ3) is 14.5. The minimum atomic E-state index is 0.325. The van der Waals surface area contributed by atoms with Crippen LogP contribution < -0.4 is 0 Å². The first-order valence-corrected chi connectivity index (χ1v) is 20.5. The first kappa shape index (κ1) is 45.8. The van der Waals surface area contributed by atoms with E-state index in [1.165, 1.54) is 0 Å². The van der Waals surface area contributed by atoms with Gasteiger partial charge in [-0.1, -0.05) is 128 Å². The highest BCUT2D eigenvalue weighted by Gasteiger charge is 2.10. The van der Waals surface area contributed by atoms with Gasteiger partial charge in [0.1, 0.15) is 23.0 Å². The van der Waals surface area contributed by atoms with Crippen LogP contribution in [0.2, 0.25) is 0 Å². The Balaban J connectivity index is 0.000000300. The fraction of sp³-hybridized carbons (Fsp3) is 0.417. The molecule has 4 aromatic rings. The second-order valence-electron chi connectivity index (χ2n) is 14.1. The Labute approximate surface area is 337 Å². The van der Waals surface area contributed by atoms with Crippen LogP contribution in [-0.4, -0.2) is 92.4 Å². The molecule has 8 nitrogen and oxygen atoms in total. The number of phenols is 4. The highest BCUT2D eigenvalue weighted by atomic mass is 16.3. The van der Waals surface area contributed by atoms with E-state index in [2.05, 4.69) is 75.0 Å². The van der Waals surface area contributed by atoms with Gasteiger partial charge >= 0.3 is 0 Å². The highest BCUT2D eigenvalue weighted by molar-refractivity contribution is 5.72. The quantitative estimate of drug-likeness (QED) is 0.0662. The maximum Gasteiger partial charge on any atom is 0.120 e. The van der Waals surface area contributed by atoms with Crippen LogP contribution in [0.5, 0.6) is 23.0 Å². The normalized spacial score (nSPS) is 11.8. The maximum atomic E-state index is 10.3. The van der Waals surface area contributed by atoms with Crippen LogP contribution in [0.15, 0.2) is 72.8 Å². The molecule has 0 radical (unpaired) electrons. The Kier molecular flexibility index (Phi) is 19.7. The van der Waals surface area contributed by atoms with Crippen molar-refractivity contribution in [2.45, 2.75) is 81.6 Å². The van der Waals surface area contributed by atoms with Gasteiger partial charge in [-0.05, 0) is 98.9 Å². The molecular weight excluding hydrogens is 697 g/mol. The van der Waals surface area contributed by atoms with Crippen molar-refractivity contribution in [1.82, 2.24) is 19.6 Å². The number of hydrogen-bond donors (Lipinski definition) is 4. The molecule has 4 N–H and O–H groups in total. The van der Waals surface area contributed by atoms with Crippen LogP contribution in [0.1, 0.15) is 99.9 Å². The first-order chi connectivity index (χ1) is 27.0. The predicted octanol–water partition coefficient (Wildman–Crippen LogP) is 9.90. The zero-order valence-electron chi connectivity index (χ0n) is 35.3. The van der Waals surface area contributed by atoms with Gasteiger partial charge < -0.3 is 20.4 Å². The fourth-order valence-corrected chi connectivity index (χ4v) is 6.41. The van der Waals surface area contributed by atoms with E-state index in [0.29, 0.717) is 23.0 Å². The molecule has 0 aliphatic rings.